The molecule has 0 fully saturated rings. The molecule has 9 heteroatoms. The molecule has 2 aromatic carbocycles. The number of fused-ring (bicyclic) bond motifs is 1. The zero-order valence-corrected chi connectivity index (χ0v) is 23.0. The number of nitrogens with one attached hydrogen (secondary N) is 1. The number of carbonyl (C=O) groups excluding carboxylic acids is 2. The quantitative estimate of drug-likeness (QED) is 0.517. The van der Waals surface area contributed by atoms with Crippen molar-refractivity contribution in [2.75, 3.05) is 45.7 Å². The van der Waals surface area contributed by atoms with Crippen molar-refractivity contribution in [1.29, 1.82) is 0 Å². The van der Waals surface area contributed by atoms with E-state index >= 15 is 0 Å². The Morgan fingerprint density at radius 2 is 1.92 bits per heavy atom. The number of amides is 2. The van der Waals surface area contributed by atoms with Crippen molar-refractivity contribution >= 4 is 17.5 Å². The lowest BCUT2D eigenvalue weighted by Gasteiger charge is -2.36. The number of hydrogen-bond donors (Lipinski definition) is 1. The summed E-state index contributed by atoms with van der Waals surface area (Å²) in [7, 11) is 3.47. The fourth-order valence-electron chi connectivity index (χ4n) is 4.77. The molecule has 1 aromatic heterocycles. The van der Waals surface area contributed by atoms with Crippen LogP contribution in [0.1, 0.15) is 40.3 Å². The van der Waals surface area contributed by atoms with Crippen molar-refractivity contribution in [3.8, 4) is 5.75 Å². The Kier molecular flexibility index (Phi) is 9.62. The van der Waals surface area contributed by atoms with Crippen LogP contribution >= 0.6 is 0 Å². The first kappa shape index (κ1) is 28.2. The molecular formula is C30H37N5O4. The normalized spacial score (nSPS) is 20.8. The average Bonchev–Trinajstić information content (AvgIpc) is 2.96. The van der Waals surface area contributed by atoms with Gasteiger partial charge in [0.05, 0.1) is 17.9 Å². The zero-order chi connectivity index (χ0) is 27.8. The summed E-state index contributed by atoms with van der Waals surface area (Å²) in [6, 6.07) is 15.6. The molecule has 3 aromatic rings. The lowest BCUT2D eigenvalue weighted by atomic mass is 10.0. The smallest absolute Gasteiger partial charge is 0.275 e. The summed E-state index contributed by atoms with van der Waals surface area (Å²) in [5.41, 5.74) is 2.42. The lowest BCUT2D eigenvalue weighted by molar-refractivity contribution is 0.0109. The van der Waals surface area contributed by atoms with Gasteiger partial charge >= 0.3 is 0 Å². The Labute approximate surface area is 230 Å². The molecule has 0 saturated carbocycles. The number of nitrogens with zero attached hydrogens (tertiary/aromatic N) is 4. The number of benzene rings is 2. The van der Waals surface area contributed by atoms with E-state index in [0.29, 0.717) is 30.2 Å². The predicted octanol–water partition coefficient (Wildman–Crippen LogP) is 3.78. The number of anilines is 1. The maximum atomic E-state index is 13.5. The first-order valence-corrected chi connectivity index (χ1v) is 13.3. The molecule has 2 heterocycles. The van der Waals surface area contributed by atoms with Gasteiger partial charge in [-0.25, -0.2) is 4.98 Å². The van der Waals surface area contributed by atoms with Crippen LogP contribution in [0.4, 0.5) is 5.69 Å². The van der Waals surface area contributed by atoms with Crippen molar-refractivity contribution in [2.45, 2.75) is 32.4 Å². The Bertz CT molecular complexity index is 1240. The molecule has 1 aliphatic heterocycles. The van der Waals surface area contributed by atoms with Gasteiger partial charge in [0, 0.05) is 64.0 Å². The predicted molar refractivity (Wildman–Crippen MR) is 150 cm³/mol. The van der Waals surface area contributed by atoms with Crippen molar-refractivity contribution in [3.63, 3.8) is 0 Å². The summed E-state index contributed by atoms with van der Waals surface area (Å²) in [6.45, 7) is 6.80. The molecule has 39 heavy (non-hydrogen) atoms. The number of likely N-dealkylation sites (N-methyl/N-ethyl adjacent to an activating group) is 1. The minimum Gasteiger partial charge on any atom is -0.491 e. The maximum Gasteiger partial charge on any atom is 0.275 e. The lowest BCUT2D eigenvalue weighted by Crippen LogP contribution is -2.47. The summed E-state index contributed by atoms with van der Waals surface area (Å²) in [4.78, 5) is 38.2. The molecule has 0 aliphatic carbocycles. The Morgan fingerprint density at radius 3 is 2.64 bits per heavy atom. The SMILES string of the molecule is CO[C@H]1CN(C)C(=O)c2ccc(NC(=O)c3cnccn3)cc2OC[C@@H](C)N(CCc2ccccc2)C[C@@H]1C. The van der Waals surface area contributed by atoms with E-state index < -0.39 is 5.91 Å². The van der Waals surface area contributed by atoms with Gasteiger partial charge < -0.3 is 19.7 Å². The van der Waals surface area contributed by atoms with Crippen LogP contribution in [0.25, 0.3) is 0 Å². The molecule has 4 rings (SSSR count). The largest absolute Gasteiger partial charge is 0.491 e. The van der Waals surface area contributed by atoms with E-state index in [-0.39, 0.29) is 29.7 Å². The highest BCUT2D eigenvalue weighted by atomic mass is 16.5. The minimum atomic E-state index is -0.392. The topological polar surface area (TPSA) is 96.9 Å². The Balaban J connectivity index is 1.59. The van der Waals surface area contributed by atoms with Crippen LogP contribution < -0.4 is 10.1 Å². The van der Waals surface area contributed by atoms with E-state index in [1.807, 2.05) is 6.07 Å². The highest BCUT2D eigenvalue weighted by Gasteiger charge is 2.28. The number of carbonyl (C=O) groups is 2. The molecule has 1 N–H and O–H groups in total. The van der Waals surface area contributed by atoms with Crippen LogP contribution in [-0.4, -0.2) is 84.1 Å². The second-order valence-corrected chi connectivity index (χ2v) is 10.1. The summed E-state index contributed by atoms with van der Waals surface area (Å²) in [6.07, 6.45) is 5.16. The number of hydrogen-bond acceptors (Lipinski definition) is 7. The third-order valence-electron chi connectivity index (χ3n) is 7.16. The monoisotopic (exact) mass is 531 g/mol. The molecular weight excluding hydrogens is 494 g/mol. The highest BCUT2D eigenvalue weighted by Crippen LogP contribution is 2.27. The third kappa shape index (κ3) is 7.40. The average molecular weight is 532 g/mol. The standard InChI is InChI=1S/C30H37N5O4/c1-21-18-35(15-12-23-8-6-5-7-9-23)22(2)20-39-27-16-24(33-29(36)26-17-31-13-14-32-26)10-11-25(27)30(37)34(3)19-28(21)38-4/h5-11,13-14,16-17,21-22,28H,12,15,18-20H2,1-4H3,(H,33,36)/t21-,22+,28-/m0/s1. The first-order chi connectivity index (χ1) is 18.9. The molecule has 206 valence electrons. The molecule has 0 unspecified atom stereocenters. The van der Waals surface area contributed by atoms with Gasteiger partial charge in [-0.15, -0.1) is 0 Å². The summed E-state index contributed by atoms with van der Waals surface area (Å²) in [5, 5.41) is 2.82. The van der Waals surface area contributed by atoms with Gasteiger partial charge in [0.25, 0.3) is 11.8 Å². The van der Waals surface area contributed by atoms with Crippen LogP contribution in [0.5, 0.6) is 5.75 Å². The van der Waals surface area contributed by atoms with Gasteiger partial charge in [0.15, 0.2) is 0 Å². The fourth-order valence-corrected chi connectivity index (χ4v) is 4.77. The van der Waals surface area contributed by atoms with Crippen molar-refractivity contribution in [2.24, 2.45) is 5.92 Å². The molecule has 2 amide bonds. The Morgan fingerprint density at radius 1 is 1.13 bits per heavy atom. The second kappa shape index (κ2) is 13.3. The fraction of sp³-hybridized carbons (Fsp3) is 0.400. The molecule has 1 aliphatic rings. The van der Waals surface area contributed by atoms with Crippen LogP contribution in [0.2, 0.25) is 0 Å². The highest BCUT2D eigenvalue weighted by molar-refractivity contribution is 6.03. The van der Waals surface area contributed by atoms with E-state index in [1.165, 1.54) is 24.2 Å². The van der Waals surface area contributed by atoms with Gasteiger partial charge in [-0.1, -0.05) is 37.3 Å². The van der Waals surface area contributed by atoms with Gasteiger partial charge in [0.2, 0.25) is 0 Å². The molecule has 0 spiro atoms. The van der Waals surface area contributed by atoms with E-state index in [4.69, 9.17) is 9.47 Å². The molecule has 0 radical (unpaired) electrons. The molecule has 0 saturated heterocycles. The number of methoxy groups -OCH3 is 1. The van der Waals surface area contributed by atoms with E-state index in [2.05, 4.69) is 58.3 Å². The summed E-state index contributed by atoms with van der Waals surface area (Å²) >= 11 is 0. The van der Waals surface area contributed by atoms with Crippen molar-refractivity contribution in [1.82, 2.24) is 19.8 Å². The Hall–Kier alpha value is -3.82. The third-order valence-corrected chi connectivity index (χ3v) is 7.16. The van der Waals surface area contributed by atoms with Gasteiger partial charge in [-0.2, -0.15) is 0 Å². The number of aromatic nitrogens is 2. The van der Waals surface area contributed by atoms with Crippen LogP contribution in [-0.2, 0) is 11.2 Å². The zero-order valence-electron chi connectivity index (χ0n) is 23.0. The molecule has 9 nitrogen and oxygen atoms in total. The van der Waals surface area contributed by atoms with Gasteiger partial charge in [0.1, 0.15) is 18.1 Å². The van der Waals surface area contributed by atoms with Crippen LogP contribution in [0.3, 0.4) is 0 Å². The summed E-state index contributed by atoms with van der Waals surface area (Å²) < 4.78 is 12.1. The van der Waals surface area contributed by atoms with Gasteiger partial charge in [-0.3, -0.25) is 19.5 Å². The van der Waals surface area contributed by atoms with E-state index in [0.717, 1.165) is 19.5 Å². The number of rotatable bonds is 6. The van der Waals surface area contributed by atoms with E-state index in [1.54, 1.807) is 37.3 Å². The molecule has 0 bridgehead atoms. The van der Waals surface area contributed by atoms with Gasteiger partial charge in [-0.05, 0) is 37.0 Å². The first-order valence-electron chi connectivity index (χ1n) is 13.3. The second-order valence-electron chi connectivity index (χ2n) is 10.1. The van der Waals surface area contributed by atoms with E-state index in [9.17, 15) is 9.59 Å². The number of ether oxygens (including phenoxy) is 2. The summed E-state index contributed by atoms with van der Waals surface area (Å²) in [5.74, 6) is 0.0551. The van der Waals surface area contributed by atoms with Crippen molar-refractivity contribution in [3.05, 3.63) is 83.9 Å². The van der Waals surface area contributed by atoms with Crippen LogP contribution in [0.15, 0.2) is 67.1 Å². The molecule has 3 atom stereocenters. The van der Waals surface area contributed by atoms with Crippen molar-refractivity contribution < 1.29 is 19.1 Å². The minimum absolute atomic E-state index is 0.0756. The maximum absolute atomic E-state index is 13.5. The van der Waals surface area contributed by atoms with Crippen LogP contribution in [0, 0.1) is 5.92 Å².